The molecule has 4 aliphatic carbocycles. The number of aliphatic hydroxyl groups excluding tert-OH is 1. The van der Waals surface area contributed by atoms with Crippen molar-refractivity contribution in [2.24, 2.45) is 46.7 Å². The summed E-state index contributed by atoms with van der Waals surface area (Å²) >= 11 is 0. The maximum Gasteiger partial charge on any atom is 0.0431 e. The van der Waals surface area contributed by atoms with Crippen molar-refractivity contribution in [1.29, 1.82) is 0 Å². The van der Waals surface area contributed by atoms with E-state index in [2.05, 4.69) is 13.8 Å². The minimum Gasteiger partial charge on any atom is -0.396 e. The van der Waals surface area contributed by atoms with Gasteiger partial charge in [0.15, 0.2) is 0 Å². The monoisotopic (exact) mass is 347 g/mol. The largest absolute Gasteiger partial charge is 0.396 e. The maximum absolute atomic E-state index is 9.22. The fourth-order valence-corrected chi connectivity index (χ4v) is 8.49. The van der Waals surface area contributed by atoms with Gasteiger partial charge >= 0.3 is 0 Å². The van der Waals surface area contributed by atoms with Gasteiger partial charge in [-0.25, -0.2) is 0 Å². The zero-order valence-electron chi connectivity index (χ0n) is 16.7. The molecule has 144 valence electrons. The second kappa shape index (κ2) is 6.82. The molecule has 4 saturated carbocycles. The zero-order chi connectivity index (χ0) is 17.7. The van der Waals surface area contributed by atoms with Crippen LogP contribution < -0.4 is 5.73 Å². The smallest absolute Gasteiger partial charge is 0.0431 e. The van der Waals surface area contributed by atoms with Gasteiger partial charge in [0.1, 0.15) is 0 Å². The van der Waals surface area contributed by atoms with Gasteiger partial charge in [-0.05, 0) is 105 Å². The molecule has 0 spiro atoms. The first-order chi connectivity index (χ1) is 12.0. The number of rotatable bonds is 4. The fourth-order valence-electron chi connectivity index (χ4n) is 8.49. The molecule has 2 nitrogen and oxygen atoms in total. The third-order valence-electron chi connectivity index (χ3n) is 9.74. The summed E-state index contributed by atoms with van der Waals surface area (Å²) in [6.45, 7) is 5.40. The molecule has 4 aliphatic rings. The molecule has 0 saturated heterocycles. The molecular formula is C23H41NO. The molecule has 4 rings (SSSR count). The first kappa shape index (κ1) is 18.3. The SMILES string of the molecule is C[C@H](CCCO)C1CCC2C3CCC4CCCCC4(C)C3CCC21N. The number of hydrogen-bond donors (Lipinski definition) is 2. The van der Waals surface area contributed by atoms with E-state index in [0.717, 1.165) is 36.5 Å². The number of fused-ring (bicyclic) bond motifs is 5. The Morgan fingerprint density at radius 3 is 2.64 bits per heavy atom. The Kier molecular flexibility index (Phi) is 4.99. The highest BCUT2D eigenvalue weighted by atomic mass is 16.2. The van der Waals surface area contributed by atoms with Crippen LogP contribution >= 0.6 is 0 Å². The van der Waals surface area contributed by atoms with E-state index in [1.165, 1.54) is 64.2 Å². The summed E-state index contributed by atoms with van der Waals surface area (Å²) < 4.78 is 0. The molecule has 8 atom stereocenters. The van der Waals surface area contributed by atoms with Crippen molar-refractivity contribution in [2.45, 2.75) is 96.4 Å². The quantitative estimate of drug-likeness (QED) is 0.740. The van der Waals surface area contributed by atoms with Gasteiger partial charge in [-0.2, -0.15) is 0 Å². The second-order valence-corrected chi connectivity index (χ2v) is 10.6. The summed E-state index contributed by atoms with van der Waals surface area (Å²) in [7, 11) is 0. The standard InChI is InChI=1S/C23H41NO/c1-16(6-5-15-25)19-10-11-21-18-9-8-17-7-3-4-13-22(17,2)20(18)12-14-23(19,21)24/h16-21,25H,3-15,24H2,1-2H3/t16-,17?,18?,19?,20?,21?,22?,23?/m1/s1. The van der Waals surface area contributed by atoms with Crippen LogP contribution in [0.1, 0.15) is 90.9 Å². The van der Waals surface area contributed by atoms with E-state index in [0.29, 0.717) is 23.9 Å². The average Bonchev–Trinajstić information content (AvgIpc) is 2.96. The van der Waals surface area contributed by atoms with Crippen molar-refractivity contribution in [3.63, 3.8) is 0 Å². The number of hydrogen-bond acceptors (Lipinski definition) is 2. The van der Waals surface area contributed by atoms with Crippen LogP contribution in [0, 0.1) is 40.9 Å². The first-order valence-electron chi connectivity index (χ1n) is 11.4. The van der Waals surface area contributed by atoms with E-state index in [-0.39, 0.29) is 5.54 Å². The van der Waals surface area contributed by atoms with Crippen LogP contribution in [0.15, 0.2) is 0 Å². The van der Waals surface area contributed by atoms with Gasteiger partial charge in [0, 0.05) is 12.1 Å². The summed E-state index contributed by atoms with van der Waals surface area (Å²) in [5.74, 6) is 5.04. The molecule has 0 aliphatic heterocycles. The Morgan fingerprint density at radius 1 is 1.00 bits per heavy atom. The van der Waals surface area contributed by atoms with Crippen LogP contribution in [-0.4, -0.2) is 17.3 Å². The highest BCUT2D eigenvalue weighted by Crippen LogP contribution is 2.65. The summed E-state index contributed by atoms with van der Waals surface area (Å²) in [5, 5.41) is 9.22. The van der Waals surface area contributed by atoms with Crippen LogP contribution in [0.3, 0.4) is 0 Å². The third kappa shape index (κ3) is 2.81. The Hall–Kier alpha value is -0.0800. The molecule has 25 heavy (non-hydrogen) atoms. The predicted molar refractivity (Wildman–Crippen MR) is 104 cm³/mol. The normalized spacial score (nSPS) is 50.6. The topological polar surface area (TPSA) is 46.2 Å². The maximum atomic E-state index is 9.22. The zero-order valence-corrected chi connectivity index (χ0v) is 16.7. The summed E-state index contributed by atoms with van der Waals surface area (Å²) in [5.41, 5.74) is 7.97. The van der Waals surface area contributed by atoms with Crippen molar-refractivity contribution in [3.05, 3.63) is 0 Å². The molecule has 0 bridgehead atoms. The van der Waals surface area contributed by atoms with Gasteiger partial charge in [-0.1, -0.05) is 26.7 Å². The van der Waals surface area contributed by atoms with E-state index in [4.69, 9.17) is 5.73 Å². The molecule has 2 heteroatoms. The van der Waals surface area contributed by atoms with Crippen LogP contribution in [0.4, 0.5) is 0 Å². The van der Waals surface area contributed by atoms with E-state index >= 15 is 0 Å². The highest BCUT2D eigenvalue weighted by molar-refractivity contribution is 5.13. The Bertz CT molecular complexity index is 479. The molecular weight excluding hydrogens is 306 g/mol. The lowest BCUT2D eigenvalue weighted by molar-refractivity contribution is -0.0950. The third-order valence-corrected chi connectivity index (χ3v) is 9.74. The number of nitrogens with two attached hydrogens (primary N) is 1. The molecule has 0 aromatic carbocycles. The van der Waals surface area contributed by atoms with Crippen LogP contribution in [0.25, 0.3) is 0 Å². The first-order valence-corrected chi connectivity index (χ1v) is 11.4. The molecule has 0 heterocycles. The second-order valence-electron chi connectivity index (χ2n) is 10.6. The van der Waals surface area contributed by atoms with E-state index in [1.807, 2.05) is 0 Å². The van der Waals surface area contributed by atoms with Crippen molar-refractivity contribution in [2.75, 3.05) is 6.61 Å². The summed E-state index contributed by atoms with van der Waals surface area (Å²) in [4.78, 5) is 0. The van der Waals surface area contributed by atoms with Gasteiger partial charge in [0.05, 0.1) is 0 Å². The molecule has 4 fully saturated rings. The minimum absolute atomic E-state index is 0.105. The molecule has 0 aromatic heterocycles. The lowest BCUT2D eigenvalue weighted by atomic mass is 9.46. The molecule has 0 amide bonds. The van der Waals surface area contributed by atoms with Gasteiger partial charge in [-0.3, -0.25) is 0 Å². The highest BCUT2D eigenvalue weighted by Gasteiger charge is 2.60. The van der Waals surface area contributed by atoms with Crippen molar-refractivity contribution in [3.8, 4) is 0 Å². The fraction of sp³-hybridized carbons (Fsp3) is 1.00. The number of aliphatic hydroxyl groups is 1. The van der Waals surface area contributed by atoms with Gasteiger partial charge in [-0.15, -0.1) is 0 Å². The van der Waals surface area contributed by atoms with E-state index < -0.39 is 0 Å². The summed E-state index contributed by atoms with van der Waals surface area (Å²) in [6.07, 6.45) is 16.4. The van der Waals surface area contributed by atoms with Crippen LogP contribution in [0.2, 0.25) is 0 Å². The van der Waals surface area contributed by atoms with Crippen molar-refractivity contribution >= 4 is 0 Å². The van der Waals surface area contributed by atoms with Gasteiger partial charge < -0.3 is 10.8 Å². The average molecular weight is 348 g/mol. The predicted octanol–water partition coefficient (Wildman–Crippen LogP) is 5.14. The lowest BCUT2D eigenvalue weighted by Gasteiger charge is -2.60. The van der Waals surface area contributed by atoms with Crippen molar-refractivity contribution in [1.82, 2.24) is 0 Å². The van der Waals surface area contributed by atoms with E-state index in [9.17, 15) is 5.11 Å². The Balaban J connectivity index is 1.53. The summed E-state index contributed by atoms with van der Waals surface area (Å²) in [6, 6.07) is 0. The molecule has 0 radical (unpaired) electrons. The van der Waals surface area contributed by atoms with Gasteiger partial charge in [0.2, 0.25) is 0 Å². The van der Waals surface area contributed by atoms with Crippen LogP contribution in [0.5, 0.6) is 0 Å². The van der Waals surface area contributed by atoms with Crippen molar-refractivity contribution < 1.29 is 5.11 Å². The lowest BCUT2D eigenvalue weighted by Crippen LogP contribution is -2.60. The minimum atomic E-state index is 0.105. The molecule has 3 N–H and O–H groups in total. The Morgan fingerprint density at radius 2 is 1.84 bits per heavy atom. The molecule has 0 aromatic rings. The van der Waals surface area contributed by atoms with Crippen LogP contribution in [-0.2, 0) is 0 Å². The van der Waals surface area contributed by atoms with Gasteiger partial charge in [0.25, 0.3) is 0 Å². The Labute approximate surface area is 155 Å². The van der Waals surface area contributed by atoms with E-state index in [1.54, 1.807) is 0 Å². The molecule has 7 unspecified atom stereocenters.